The number of nitrogens with two attached hydrogens (primary N) is 1. The molecular weight excluding hydrogens is 272 g/mol. The van der Waals surface area contributed by atoms with Crippen LogP contribution in [0.4, 0.5) is 5.69 Å². The van der Waals surface area contributed by atoms with Crippen molar-refractivity contribution in [2.75, 3.05) is 32.2 Å². The fourth-order valence-electron chi connectivity index (χ4n) is 1.47. The Kier molecular flexibility index (Phi) is 5.05. The van der Waals surface area contributed by atoms with E-state index in [9.17, 15) is 0 Å². The molecule has 0 fully saturated rings. The molecule has 16 heavy (non-hydrogen) atoms. The highest BCUT2D eigenvalue weighted by molar-refractivity contribution is 9.10. The summed E-state index contributed by atoms with van der Waals surface area (Å²) in [4.78, 5) is 1.96. The number of rotatable bonds is 5. The highest BCUT2D eigenvalue weighted by atomic mass is 79.9. The monoisotopic (exact) mass is 288 g/mol. The van der Waals surface area contributed by atoms with Crippen molar-refractivity contribution in [1.29, 1.82) is 0 Å². The van der Waals surface area contributed by atoms with Crippen LogP contribution < -0.4 is 15.4 Å². The van der Waals surface area contributed by atoms with E-state index in [2.05, 4.69) is 15.9 Å². The molecule has 0 saturated carbocycles. The van der Waals surface area contributed by atoms with Gasteiger partial charge in [0.15, 0.2) is 0 Å². The molecule has 0 aliphatic rings. The van der Waals surface area contributed by atoms with Crippen molar-refractivity contribution >= 4 is 21.6 Å². The predicted octanol–water partition coefficient (Wildman–Crippen LogP) is 1.21. The Morgan fingerprint density at radius 2 is 2.25 bits per heavy atom. The number of anilines is 1. The third-order valence-corrected chi connectivity index (χ3v) is 2.79. The van der Waals surface area contributed by atoms with E-state index < -0.39 is 0 Å². The number of aliphatic hydroxyl groups is 1. The molecule has 1 atom stereocenters. The Hall–Kier alpha value is -0.780. The average Bonchev–Trinajstić information content (AvgIpc) is 2.28. The van der Waals surface area contributed by atoms with Gasteiger partial charge in [0, 0.05) is 24.1 Å². The van der Waals surface area contributed by atoms with Gasteiger partial charge in [0.2, 0.25) is 0 Å². The van der Waals surface area contributed by atoms with Crippen LogP contribution in [0.25, 0.3) is 0 Å². The third-order valence-electron chi connectivity index (χ3n) is 2.30. The average molecular weight is 289 g/mol. The summed E-state index contributed by atoms with van der Waals surface area (Å²) in [6, 6.07) is 5.51. The largest absolute Gasteiger partial charge is 0.495 e. The molecule has 1 rings (SSSR count). The molecule has 1 aromatic carbocycles. The normalized spacial score (nSPS) is 12.3. The molecule has 0 amide bonds. The molecular formula is C11H17BrN2O2. The van der Waals surface area contributed by atoms with Crippen LogP contribution in [0.1, 0.15) is 0 Å². The summed E-state index contributed by atoms with van der Waals surface area (Å²) in [5.41, 5.74) is 6.64. The maximum absolute atomic E-state index is 8.92. The second-order valence-corrected chi connectivity index (χ2v) is 4.56. The number of nitrogens with zero attached hydrogens (tertiary/aromatic N) is 1. The van der Waals surface area contributed by atoms with E-state index in [1.54, 1.807) is 7.11 Å². The lowest BCUT2D eigenvalue weighted by molar-refractivity contribution is 0.267. The fraction of sp³-hybridized carbons (Fsp3) is 0.455. The number of likely N-dealkylation sites (N-methyl/N-ethyl adjacent to an activating group) is 1. The van der Waals surface area contributed by atoms with Crippen LogP contribution in [0.5, 0.6) is 5.75 Å². The maximum Gasteiger partial charge on any atom is 0.142 e. The number of ether oxygens (including phenoxy) is 1. The van der Waals surface area contributed by atoms with Gasteiger partial charge in [0.25, 0.3) is 0 Å². The van der Waals surface area contributed by atoms with Gasteiger partial charge in [-0.15, -0.1) is 0 Å². The van der Waals surface area contributed by atoms with Gasteiger partial charge in [-0.1, -0.05) is 15.9 Å². The molecule has 0 bridgehead atoms. The molecule has 0 saturated heterocycles. The van der Waals surface area contributed by atoms with Crippen molar-refractivity contribution in [3.63, 3.8) is 0 Å². The summed E-state index contributed by atoms with van der Waals surface area (Å²) in [5.74, 6) is 0.788. The molecule has 1 aromatic rings. The first-order valence-electron chi connectivity index (χ1n) is 4.99. The van der Waals surface area contributed by atoms with E-state index in [-0.39, 0.29) is 12.6 Å². The Balaban J connectivity index is 2.88. The molecule has 5 heteroatoms. The van der Waals surface area contributed by atoms with Crippen molar-refractivity contribution in [3.8, 4) is 5.75 Å². The van der Waals surface area contributed by atoms with Crippen molar-refractivity contribution in [2.24, 2.45) is 5.73 Å². The highest BCUT2D eigenvalue weighted by Gasteiger charge is 2.11. The molecule has 1 unspecified atom stereocenters. The summed E-state index contributed by atoms with van der Waals surface area (Å²) in [6.45, 7) is 0.546. The molecule has 0 aliphatic heterocycles. The number of halogens is 1. The van der Waals surface area contributed by atoms with E-state index in [4.69, 9.17) is 15.6 Å². The first kappa shape index (κ1) is 13.3. The lowest BCUT2D eigenvalue weighted by Crippen LogP contribution is -2.38. The third kappa shape index (κ3) is 3.37. The summed E-state index contributed by atoms with van der Waals surface area (Å²) in [6.07, 6.45) is 0. The molecule has 0 radical (unpaired) electrons. The van der Waals surface area contributed by atoms with Crippen molar-refractivity contribution in [2.45, 2.75) is 6.04 Å². The Morgan fingerprint density at radius 3 is 2.81 bits per heavy atom. The van der Waals surface area contributed by atoms with Gasteiger partial charge in [-0.2, -0.15) is 0 Å². The van der Waals surface area contributed by atoms with Crippen LogP contribution in [0.15, 0.2) is 22.7 Å². The molecule has 0 aliphatic carbocycles. The van der Waals surface area contributed by atoms with Gasteiger partial charge in [-0.3, -0.25) is 0 Å². The van der Waals surface area contributed by atoms with Gasteiger partial charge in [-0.05, 0) is 18.2 Å². The molecule has 90 valence electrons. The van der Waals surface area contributed by atoms with E-state index in [0.29, 0.717) is 6.54 Å². The summed E-state index contributed by atoms with van der Waals surface area (Å²) >= 11 is 3.41. The van der Waals surface area contributed by atoms with Crippen molar-refractivity contribution < 1.29 is 9.84 Å². The van der Waals surface area contributed by atoms with Crippen LogP contribution in [-0.4, -0.2) is 38.5 Å². The first-order chi connectivity index (χ1) is 7.58. The van der Waals surface area contributed by atoms with Crippen LogP contribution in [0, 0.1) is 0 Å². The van der Waals surface area contributed by atoms with Crippen LogP contribution in [0.3, 0.4) is 0 Å². The lowest BCUT2D eigenvalue weighted by atomic mass is 10.2. The maximum atomic E-state index is 8.92. The molecule has 3 N–H and O–H groups in total. The number of methoxy groups -OCH3 is 1. The Labute approximate surface area is 104 Å². The van der Waals surface area contributed by atoms with Crippen LogP contribution >= 0.6 is 15.9 Å². The topological polar surface area (TPSA) is 58.7 Å². The molecule has 4 nitrogen and oxygen atoms in total. The van der Waals surface area contributed by atoms with Gasteiger partial charge >= 0.3 is 0 Å². The van der Waals surface area contributed by atoms with Crippen LogP contribution in [-0.2, 0) is 0 Å². The van der Waals surface area contributed by atoms with Crippen molar-refractivity contribution in [3.05, 3.63) is 22.7 Å². The Bertz CT molecular complexity index is 347. The summed E-state index contributed by atoms with van der Waals surface area (Å²) < 4.78 is 6.25. The van der Waals surface area contributed by atoms with Gasteiger partial charge in [0.1, 0.15) is 5.75 Å². The fourth-order valence-corrected chi connectivity index (χ4v) is 1.82. The smallest absolute Gasteiger partial charge is 0.142 e. The number of hydrogen-bond acceptors (Lipinski definition) is 4. The minimum atomic E-state index is -0.256. The van der Waals surface area contributed by atoms with Gasteiger partial charge in [0.05, 0.1) is 19.4 Å². The minimum absolute atomic E-state index is 0.0271. The van der Waals surface area contributed by atoms with E-state index in [1.165, 1.54) is 0 Å². The zero-order valence-electron chi connectivity index (χ0n) is 9.48. The zero-order valence-corrected chi connectivity index (χ0v) is 11.1. The van der Waals surface area contributed by atoms with Gasteiger partial charge < -0.3 is 20.5 Å². The van der Waals surface area contributed by atoms with Gasteiger partial charge in [-0.25, -0.2) is 0 Å². The van der Waals surface area contributed by atoms with Crippen LogP contribution in [0.2, 0.25) is 0 Å². The number of aliphatic hydroxyl groups excluding tert-OH is 1. The van der Waals surface area contributed by atoms with Crippen molar-refractivity contribution in [1.82, 2.24) is 0 Å². The molecule has 0 aromatic heterocycles. The second kappa shape index (κ2) is 6.08. The molecule has 0 spiro atoms. The molecule has 0 heterocycles. The summed E-state index contributed by atoms with van der Waals surface area (Å²) in [5, 5.41) is 8.92. The number of benzene rings is 1. The predicted molar refractivity (Wildman–Crippen MR) is 69.0 cm³/mol. The Morgan fingerprint density at radius 1 is 1.56 bits per heavy atom. The van der Waals surface area contributed by atoms with E-state index in [1.807, 2.05) is 30.1 Å². The zero-order chi connectivity index (χ0) is 12.1. The van der Waals surface area contributed by atoms with E-state index >= 15 is 0 Å². The van der Waals surface area contributed by atoms with E-state index in [0.717, 1.165) is 15.9 Å². The standard InChI is InChI=1S/C11H17BrN2O2/c1-14(6-9(13)7-15)10-5-8(12)3-4-11(10)16-2/h3-5,9,15H,6-7,13H2,1-2H3. The highest BCUT2D eigenvalue weighted by Crippen LogP contribution is 2.30. The summed E-state index contributed by atoms with van der Waals surface area (Å²) in [7, 11) is 3.55. The second-order valence-electron chi connectivity index (χ2n) is 3.64. The quantitative estimate of drug-likeness (QED) is 0.855. The first-order valence-corrected chi connectivity index (χ1v) is 5.79. The number of hydrogen-bond donors (Lipinski definition) is 2. The SMILES string of the molecule is COc1ccc(Br)cc1N(C)CC(N)CO. The lowest BCUT2D eigenvalue weighted by Gasteiger charge is -2.24. The minimum Gasteiger partial charge on any atom is -0.495 e.